The number of hydrogen-bond acceptors (Lipinski definition) is 6. The van der Waals surface area contributed by atoms with E-state index in [4.69, 9.17) is 0 Å². The SMILES string of the molecule is CCCCCCCC/C=C\CCCCCCCC(=O)NCCN1CC[N+](C)=C1CCCCCCC/C=C\CCCCCCCC.COS(=O)(=O)[O-]. The molecule has 1 rings (SSSR count). The molecule has 0 aliphatic carbocycles. The van der Waals surface area contributed by atoms with Gasteiger partial charge in [-0.15, -0.1) is 0 Å². The van der Waals surface area contributed by atoms with Crippen molar-refractivity contribution in [3.63, 3.8) is 0 Å². The van der Waals surface area contributed by atoms with Crippen molar-refractivity contribution in [2.24, 2.45) is 0 Å². The predicted molar refractivity (Wildman–Crippen MR) is 216 cm³/mol. The average Bonchev–Trinajstić information content (AvgIpc) is 3.46. The number of amides is 1. The monoisotopic (exact) mass is 740 g/mol. The molecule has 0 aromatic carbocycles. The van der Waals surface area contributed by atoms with Gasteiger partial charge >= 0.3 is 0 Å². The zero-order valence-corrected chi connectivity index (χ0v) is 34.6. The number of carbonyl (C=O) groups excluding carboxylic acids is 1. The van der Waals surface area contributed by atoms with E-state index in [1.807, 2.05) is 0 Å². The van der Waals surface area contributed by atoms with Crippen LogP contribution < -0.4 is 5.32 Å². The number of allylic oxidation sites excluding steroid dienone is 4. The van der Waals surface area contributed by atoms with Gasteiger partial charge in [0.1, 0.15) is 19.6 Å². The normalized spacial score (nSPS) is 13.5. The first-order valence-electron chi connectivity index (χ1n) is 21.1. The molecule has 0 fully saturated rings. The fourth-order valence-electron chi connectivity index (χ4n) is 6.49. The molecular formula is C42H81N3O5S. The van der Waals surface area contributed by atoms with Gasteiger partial charge < -0.3 is 9.87 Å². The van der Waals surface area contributed by atoms with Crippen LogP contribution in [0.3, 0.4) is 0 Å². The maximum absolute atomic E-state index is 12.4. The van der Waals surface area contributed by atoms with Gasteiger partial charge in [-0.1, -0.05) is 141 Å². The molecule has 0 spiro atoms. The Labute approximate surface area is 316 Å². The number of amidine groups is 1. The number of unbranched alkanes of at least 4 members (excludes halogenated alkanes) is 22. The highest BCUT2D eigenvalue weighted by molar-refractivity contribution is 7.80. The summed E-state index contributed by atoms with van der Waals surface area (Å²) in [4.78, 5) is 14.9. The number of hydrogen-bond donors (Lipinski definition) is 1. The lowest BCUT2D eigenvalue weighted by Gasteiger charge is -2.14. The summed E-state index contributed by atoms with van der Waals surface area (Å²) < 4.78 is 33.5. The molecule has 8 nitrogen and oxygen atoms in total. The van der Waals surface area contributed by atoms with Crippen molar-refractivity contribution in [3.8, 4) is 0 Å². The van der Waals surface area contributed by atoms with Gasteiger partial charge in [0.25, 0.3) is 0 Å². The van der Waals surface area contributed by atoms with Gasteiger partial charge in [-0.3, -0.25) is 18.5 Å². The quantitative estimate of drug-likeness (QED) is 0.0232. The topological polar surface area (TPSA) is 102 Å². The minimum atomic E-state index is -4.41. The largest absolute Gasteiger partial charge is 0.726 e. The van der Waals surface area contributed by atoms with Crippen molar-refractivity contribution in [3.05, 3.63) is 24.3 Å². The lowest BCUT2D eigenvalue weighted by molar-refractivity contribution is -0.487. The summed E-state index contributed by atoms with van der Waals surface area (Å²) in [6, 6.07) is 0. The predicted octanol–water partition coefficient (Wildman–Crippen LogP) is 10.6. The van der Waals surface area contributed by atoms with Gasteiger partial charge in [-0.2, -0.15) is 0 Å². The molecule has 9 heteroatoms. The van der Waals surface area contributed by atoms with E-state index < -0.39 is 10.4 Å². The zero-order valence-electron chi connectivity index (χ0n) is 33.8. The first kappa shape index (κ1) is 49.3. The van der Waals surface area contributed by atoms with Crippen molar-refractivity contribution >= 4 is 22.1 Å². The minimum Gasteiger partial charge on any atom is -0.726 e. The molecule has 0 aromatic heterocycles. The van der Waals surface area contributed by atoms with E-state index in [0.29, 0.717) is 6.42 Å². The molecule has 1 N–H and O–H groups in total. The van der Waals surface area contributed by atoms with Crippen molar-refractivity contribution in [1.29, 1.82) is 0 Å². The van der Waals surface area contributed by atoms with E-state index in [1.54, 1.807) is 0 Å². The van der Waals surface area contributed by atoms with Crippen LogP contribution in [0.5, 0.6) is 0 Å². The first-order chi connectivity index (χ1) is 24.7. The number of nitrogens with zero attached hydrogens (tertiary/aromatic N) is 2. The maximum Gasteiger partial charge on any atom is 0.246 e. The van der Waals surface area contributed by atoms with Crippen molar-refractivity contribution in [2.75, 3.05) is 40.3 Å². The first-order valence-corrected chi connectivity index (χ1v) is 22.5. The van der Waals surface area contributed by atoms with Crippen LogP contribution in [0, 0.1) is 0 Å². The Morgan fingerprint density at radius 3 is 1.53 bits per heavy atom. The molecule has 0 atom stereocenters. The molecule has 1 heterocycles. The van der Waals surface area contributed by atoms with Crippen LogP contribution in [0.1, 0.15) is 194 Å². The Bertz CT molecular complexity index is 996. The third-order valence-corrected chi connectivity index (χ3v) is 10.2. The van der Waals surface area contributed by atoms with E-state index in [-0.39, 0.29) is 5.91 Å². The second kappa shape index (κ2) is 36.6. The molecule has 1 aliphatic rings. The number of carbonyl (C=O) groups is 1. The van der Waals surface area contributed by atoms with Gasteiger partial charge in [0, 0.05) is 12.8 Å². The van der Waals surface area contributed by atoms with E-state index >= 15 is 0 Å². The lowest BCUT2D eigenvalue weighted by atomic mass is 10.1. The standard InChI is InChI=1S/C41H77N3O.CH4O4S/c1-4-6-8-10-12-14-16-18-20-22-24-26-28-30-32-34-40(45)42-36-37-44-39-38-43(3)41(44)35-33-31-29-27-25-23-21-19-17-15-13-11-9-7-5-2;1-5-6(2,3)4/h18-21H,4-17,22-39H2,1-3H3;1H3,(H,2,3,4)/b20-18-,21-19-;. The van der Waals surface area contributed by atoms with E-state index in [1.165, 1.54) is 173 Å². The van der Waals surface area contributed by atoms with E-state index in [9.17, 15) is 17.8 Å². The molecule has 0 saturated heterocycles. The highest BCUT2D eigenvalue weighted by atomic mass is 32.3. The third kappa shape index (κ3) is 35.1. The maximum atomic E-state index is 12.4. The summed E-state index contributed by atoms with van der Waals surface area (Å²) in [6.45, 7) is 8.50. The van der Waals surface area contributed by atoms with E-state index in [0.717, 1.165) is 39.7 Å². The Kier molecular flexibility index (Phi) is 35.4. The van der Waals surface area contributed by atoms with Crippen molar-refractivity contribution < 1.29 is 26.5 Å². The zero-order chi connectivity index (χ0) is 37.7. The molecule has 0 radical (unpaired) electrons. The molecular weight excluding hydrogens is 659 g/mol. The average molecular weight is 740 g/mol. The number of rotatable bonds is 34. The minimum absolute atomic E-state index is 0.235. The molecule has 300 valence electrons. The van der Waals surface area contributed by atoms with Gasteiger partial charge in [0.2, 0.25) is 22.1 Å². The van der Waals surface area contributed by atoms with Gasteiger partial charge in [-0.25, -0.2) is 8.42 Å². The van der Waals surface area contributed by atoms with Gasteiger partial charge in [-0.05, 0) is 64.2 Å². The van der Waals surface area contributed by atoms with Crippen molar-refractivity contribution in [1.82, 2.24) is 10.2 Å². The third-order valence-electron chi connectivity index (χ3n) is 9.75. The van der Waals surface area contributed by atoms with Crippen LogP contribution in [-0.4, -0.2) is 74.5 Å². The Morgan fingerprint density at radius 2 is 1.10 bits per heavy atom. The summed E-state index contributed by atoms with van der Waals surface area (Å²) in [7, 11) is -1.37. The fourth-order valence-corrected chi connectivity index (χ4v) is 6.49. The summed E-state index contributed by atoms with van der Waals surface area (Å²) >= 11 is 0. The summed E-state index contributed by atoms with van der Waals surface area (Å²) in [6.07, 6.45) is 45.9. The van der Waals surface area contributed by atoms with Crippen LogP contribution >= 0.6 is 0 Å². The van der Waals surface area contributed by atoms with Crippen LogP contribution in [0.4, 0.5) is 0 Å². The smallest absolute Gasteiger partial charge is 0.246 e. The Hall–Kier alpha value is -1.71. The van der Waals surface area contributed by atoms with Crippen LogP contribution in [0.15, 0.2) is 24.3 Å². The van der Waals surface area contributed by atoms with E-state index in [2.05, 4.69) is 64.2 Å². The van der Waals surface area contributed by atoms with Gasteiger partial charge in [0.15, 0.2) is 0 Å². The fraction of sp³-hybridized carbons (Fsp3) is 0.857. The molecule has 0 bridgehead atoms. The molecule has 0 aromatic rings. The summed E-state index contributed by atoms with van der Waals surface area (Å²) in [5.41, 5.74) is 0. The number of nitrogens with one attached hydrogen (secondary N) is 1. The molecule has 0 saturated carbocycles. The second-order valence-electron chi connectivity index (χ2n) is 14.4. The number of likely N-dealkylation sites (N-methyl/N-ethyl adjacent to an activating group) is 1. The molecule has 0 unspecified atom stereocenters. The molecule has 1 aliphatic heterocycles. The highest BCUT2D eigenvalue weighted by Gasteiger charge is 2.27. The summed E-state index contributed by atoms with van der Waals surface area (Å²) in [5, 5.41) is 3.19. The second-order valence-corrected chi connectivity index (χ2v) is 15.6. The molecule has 1 amide bonds. The Balaban J connectivity index is 0.00000381. The van der Waals surface area contributed by atoms with Crippen LogP contribution in [-0.2, 0) is 19.4 Å². The van der Waals surface area contributed by atoms with Crippen LogP contribution in [0.2, 0.25) is 0 Å². The van der Waals surface area contributed by atoms with Gasteiger partial charge in [0.05, 0.1) is 20.7 Å². The van der Waals surface area contributed by atoms with Crippen LogP contribution in [0.25, 0.3) is 0 Å². The summed E-state index contributed by atoms with van der Waals surface area (Å²) in [5.74, 6) is 1.72. The highest BCUT2D eigenvalue weighted by Crippen LogP contribution is 2.13. The van der Waals surface area contributed by atoms with Crippen molar-refractivity contribution in [2.45, 2.75) is 194 Å². The lowest BCUT2D eigenvalue weighted by Crippen LogP contribution is -2.37. The Morgan fingerprint density at radius 1 is 0.706 bits per heavy atom. The molecule has 51 heavy (non-hydrogen) atoms.